The van der Waals surface area contributed by atoms with Gasteiger partial charge in [0.15, 0.2) is 27.2 Å². The van der Waals surface area contributed by atoms with Crippen molar-refractivity contribution in [3.8, 4) is 11.6 Å². The molecule has 14 heteroatoms. The first-order valence-corrected chi connectivity index (χ1v) is 13.8. The van der Waals surface area contributed by atoms with Crippen LogP contribution in [0.2, 0.25) is 0 Å². The normalized spacial score (nSPS) is 17.5. The van der Waals surface area contributed by atoms with Crippen molar-refractivity contribution in [1.29, 1.82) is 0 Å². The molecule has 0 bridgehead atoms. The molecule has 39 heavy (non-hydrogen) atoms. The Hall–Kier alpha value is -3.94. The van der Waals surface area contributed by atoms with Crippen molar-refractivity contribution in [2.75, 3.05) is 18.8 Å². The summed E-state index contributed by atoms with van der Waals surface area (Å²) in [6, 6.07) is 3.29. The molecule has 0 radical (unpaired) electrons. The van der Waals surface area contributed by atoms with Crippen molar-refractivity contribution in [3.63, 3.8) is 0 Å². The molecule has 3 aromatic rings. The molecule has 2 aromatic heterocycles. The van der Waals surface area contributed by atoms with Crippen LogP contribution in [0, 0.1) is 31.3 Å². The number of urea groups is 1. The van der Waals surface area contributed by atoms with Crippen LogP contribution in [0.3, 0.4) is 0 Å². The van der Waals surface area contributed by atoms with E-state index < -0.39 is 45.5 Å². The number of aryl methyl sites for hydroxylation is 1. The molecule has 0 aliphatic carbocycles. The number of rotatable bonds is 6. The van der Waals surface area contributed by atoms with E-state index in [1.165, 1.54) is 33.8 Å². The molecular weight excluding hydrogens is 537 g/mol. The van der Waals surface area contributed by atoms with Crippen LogP contribution in [-0.2, 0) is 9.84 Å². The minimum absolute atomic E-state index is 0.0922. The van der Waals surface area contributed by atoms with Gasteiger partial charge in [-0.25, -0.2) is 41.1 Å². The standard InChI is InChI=1S/C25H25F3N6O4S/c1-4-39(36,37)24-14(2)31-33(15(24)3)23-10-22(20(28)11-29-23)38-19-12-32(13-19)25(35)34-21(5-6-30-34)16-7-17(26)9-18(27)8-16/h6-11,19,21H,4-5,12-13H2,1-3H3/t21-/m0/s1. The number of nitrogens with zero attached hydrogens (tertiary/aromatic N) is 6. The summed E-state index contributed by atoms with van der Waals surface area (Å²) in [4.78, 5) is 18.6. The van der Waals surface area contributed by atoms with Gasteiger partial charge in [0.2, 0.25) is 0 Å². The lowest BCUT2D eigenvalue weighted by Crippen LogP contribution is -2.58. The van der Waals surface area contributed by atoms with Crippen LogP contribution < -0.4 is 4.74 Å². The fourth-order valence-electron chi connectivity index (χ4n) is 4.70. The Bertz CT molecular complexity index is 1570. The number of carbonyl (C=O) groups excluding carboxylic acids is 1. The minimum Gasteiger partial charge on any atom is -0.483 e. The highest BCUT2D eigenvalue weighted by atomic mass is 32.2. The number of carbonyl (C=O) groups is 1. The maximum Gasteiger partial charge on any atom is 0.341 e. The van der Waals surface area contributed by atoms with E-state index in [0.29, 0.717) is 17.8 Å². The molecule has 0 unspecified atom stereocenters. The number of hydrogen-bond acceptors (Lipinski definition) is 7. The van der Waals surface area contributed by atoms with Crippen LogP contribution in [0.1, 0.15) is 36.3 Å². The Morgan fingerprint density at radius 1 is 1.10 bits per heavy atom. The van der Waals surface area contributed by atoms with Crippen LogP contribution in [0.4, 0.5) is 18.0 Å². The van der Waals surface area contributed by atoms with Crippen molar-refractivity contribution in [1.82, 2.24) is 24.7 Å². The van der Waals surface area contributed by atoms with Gasteiger partial charge in [-0.05, 0) is 31.5 Å². The maximum absolute atomic E-state index is 14.6. The first-order chi connectivity index (χ1) is 18.5. The predicted molar refractivity (Wildman–Crippen MR) is 134 cm³/mol. The summed E-state index contributed by atoms with van der Waals surface area (Å²) >= 11 is 0. The molecule has 5 rings (SSSR count). The number of hydrogen-bond donors (Lipinski definition) is 0. The molecule has 10 nitrogen and oxygen atoms in total. The second-order valence-corrected chi connectivity index (χ2v) is 11.5. The number of halogens is 3. The first kappa shape index (κ1) is 26.7. The van der Waals surface area contributed by atoms with Gasteiger partial charge in [0, 0.05) is 24.8 Å². The Morgan fingerprint density at radius 3 is 2.46 bits per heavy atom. The lowest BCUT2D eigenvalue weighted by molar-refractivity contribution is 0.0256. The molecule has 0 N–H and O–H groups in total. The molecule has 2 aliphatic heterocycles. The molecule has 4 heterocycles. The molecule has 0 spiro atoms. The summed E-state index contributed by atoms with van der Waals surface area (Å²) in [6.45, 7) is 4.97. The summed E-state index contributed by atoms with van der Waals surface area (Å²) in [6.07, 6.45) is 2.23. The molecule has 206 valence electrons. The first-order valence-electron chi connectivity index (χ1n) is 12.2. The van der Waals surface area contributed by atoms with Crippen molar-refractivity contribution >= 4 is 22.1 Å². The number of pyridine rings is 1. The van der Waals surface area contributed by atoms with Crippen LogP contribution in [0.5, 0.6) is 5.75 Å². The number of hydrazone groups is 1. The highest BCUT2D eigenvalue weighted by Gasteiger charge is 2.39. The van der Waals surface area contributed by atoms with Crippen molar-refractivity contribution in [2.45, 2.75) is 44.2 Å². The molecule has 1 fully saturated rings. The number of amides is 2. The average molecular weight is 563 g/mol. The molecule has 0 saturated carbocycles. The Kier molecular flexibility index (Phi) is 6.83. The van der Waals surface area contributed by atoms with Crippen molar-refractivity contribution in [3.05, 3.63) is 64.9 Å². The molecule has 1 saturated heterocycles. The topological polar surface area (TPSA) is 110 Å². The highest BCUT2D eigenvalue weighted by Crippen LogP contribution is 2.32. The minimum atomic E-state index is -3.53. The summed E-state index contributed by atoms with van der Waals surface area (Å²) in [7, 11) is -3.53. The van der Waals surface area contributed by atoms with E-state index in [2.05, 4.69) is 15.2 Å². The van der Waals surface area contributed by atoms with E-state index in [0.717, 1.165) is 24.4 Å². The maximum atomic E-state index is 14.6. The summed E-state index contributed by atoms with van der Waals surface area (Å²) in [5, 5.41) is 9.52. The predicted octanol–water partition coefficient (Wildman–Crippen LogP) is 3.71. The molecule has 1 atom stereocenters. The smallest absolute Gasteiger partial charge is 0.341 e. The number of ether oxygens (including phenoxy) is 1. The number of aromatic nitrogens is 3. The fourth-order valence-corrected chi connectivity index (χ4v) is 6.01. The lowest BCUT2D eigenvalue weighted by Gasteiger charge is -2.41. The SMILES string of the molecule is CCS(=O)(=O)c1c(C)nn(-c2cc(OC3CN(C(=O)N4N=CC[C@H]4c4cc(F)cc(F)c4)C3)c(F)cn2)c1C. The Labute approximate surface area is 222 Å². The summed E-state index contributed by atoms with van der Waals surface area (Å²) < 4.78 is 74.0. The fraction of sp³-hybridized carbons (Fsp3) is 0.360. The number of sulfone groups is 1. The average Bonchev–Trinajstić information content (AvgIpc) is 3.46. The largest absolute Gasteiger partial charge is 0.483 e. The zero-order valence-corrected chi connectivity index (χ0v) is 22.1. The van der Waals surface area contributed by atoms with Crippen LogP contribution in [0.15, 0.2) is 40.5 Å². The van der Waals surface area contributed by atoms with E-state index >= 15 is 0 Å². The number of benzene rings is 1. The van der Waals surface area contributed by atoms with E-state index in [-0.39, 0.29) is 40.9 Å². The third-order valence-corrected chi connectivity index (χ3v) is 8.62. The molecule has 2 aliphatic rings. The van der Waals surface area contributed by atoms with Gasteiger partial charge in [-0.15, -0.1) is 0 Å². The van der Waals surface area contributed by atoms with Gasteiger partial charge in [0.05, 0.1) is 42.5 Å². The van der Waals surface area contributed by atoms with Gasteiger partial charge in [0.25, 0.3) is 0 Å². The zero-order chi connectivity index (χ0) is 28.1. The van der Waals surface area contributed by atoms with Gasteiger partial charge in [0.1, 0.15) is 22.6 Å². The van der Waals surface area contributed by atoms with E-state index in [1.807, 2.05) is 0 Å². The van der Waals surface area contributed by atoms with E-state index in [1.54, 1.807) is 13.8 Å². The third-order valence-electron chi connectivity index (χ3n) is 6.65. The van der Waals surface area contributed by atoms with E-state index in [9.17, 15) is 26.4 Å². The lowest BCUT2D eigenvalue weighted by atomic mass is 10.0. The zero-order valence-electron chi connectivity index (χ0n) is 21.3. The Morgan fingerprint density at radius 2 is 1.79 bits per heavy atom. The third kappa shape index (κ3) is 4.95. The molecule has 2 amide bonds. The monoisotopic (exact) mass is 562 g/mol. The van der Waals surface area contributed by atoms with Crippen molar-refractivity contribution < 1.29 is 31.1 Å². The van der Waals surface area contributed by atoms with Gasteiger partial charge >= 0.3 is 6.03 Å². The van der Waals surface area contributed by atoms with Crippen molar-refractivity contribution in [2.24, 2.45) is 5.10 Å². The summed E-state index contributed by atoms with van der Waals surface area (Å²) in [5.74, 6) is -2.27. The van der Waals surface area contributed by atoms with Crippen LogP contribution in [-0.4, -0.2) is 70.3 Å². The van der Waals surface area contributed by atoms with Gasteiger partial charge < -0.3 is 9.64 Å². The second-order valence-electron chi connectivity index (χ2n) is 9.31. The number of likely N-dealkylation sites (tertiary alicyclic amines) is 1. The van der Waals surface area contributed by atoms with E-state index in [4.69, 9.17) is 4.74 Å². The Balaban J connectivity index is 1.28. The second kappa shape index (κ2) is 9.98. The molecule has 1 aromatic carbocycles. The highest BCUT2D eigenvalue weighted by molar-refractivity contribution is 7.91. The summed E-state index contributed by atoms with van der Waals surface area (Å²) in [5.41, 5.74) is 0.941. The van der Waals surface area contributed by atoms with Gasteiger partial charge in [-0.3, -0.25) is 0 Å². The quantitative estimate of drug-likeness (QED) is 0.453. The van der Waals surface area contributed by atoms with Gasteiger partial charge in [-0.1, -0.05) is 6.92 Å². The van der Waals surface area contributed by atoms with Crippen LogP contribution >= 0.6 is 0 Å². The van der Waals surface area contributed by atoms with Gasteiger partial charge in [-0.2, -0.15) is 10.2 Å². The molecular formula is C25H25F3N6O4S. The van der Waals surface area contributed by atoms with Crippen LogP contribution in [0.25, 0.3) is 5.82 Å².